The number of nitrogens with zero attached hydrogens (tertiary/aromatic N) is 2. The van der Waals surface area contributed by atoms with Crippen molar-refractivity contribution in [3.05, 3.63) is 17.5 Å². The Hall–Kier alpha value is -2.05. The van der Waals surface area contributed by atoms with Gasteiger partial charge in [-0.2, -0.15) is 0 Å². The third-order valence-corrected chi connectivity index (χ3v) is 3.75. The lowest BCUT2D eigenvalue weighted by molar-refractivity contribution is 0.0161. The van der Waals surface area contributed by atoms with Crippen molar-refractivity contribution in [3.8, 4) is 0 Å². The third kappa shape index (κ3) is 5.26. The van der Waals surface area contributed by atoms with E-state index in [4.69, 9.17) is 14.4 Å². The van der Waals surface area contributed by atoms with Gasteiger partial charge in [0, 0.05) is 25.6 Å². The van der Waals surface area contributed by atoms with Crippen LogP contribution in [0.4, 0.5) is 4.79 Å². The molecule has 1 atom stereocenters. The van der Waals surface area contributed by atoms with E-state index in [-0.39, 0.29) is 11.8 Å². The molecule has 1 fully saturated rings. The molecule has 7 heteroatoms. The van der Waals surface area contributed by atoms with Gasteiger partial charge in [0.15, 0.2) is 5.69 Å². The minimum Gasteiger partial charge on any atom is -0.476 e. The van der Waals surface area contributed by atoms with Crippen molar-refractivity contribution >= 4 is 12.1 Å². The SMILES string of the molecule is CC(C)(C)OC(=O)N1CCCC(CCc2cc(C(=O)O)no2)C1. The van der Waals surface area contributed by atoms with Crippen LogP contribution in [0.5, 0.6) is 0 Å². The quantitative estimate of drug-likeness (QED) is 0.915. The monoisotopic (exact) mass is 324 g/mol. The smallest absolute Gasteiger partial charge is 0.410 e. The molecule has 7 nitrogen and oxygen atoms in total. The molecule has 2 rings (SSSR count). The Morgan fingerprint density at radius 1 is 1.48 bits per heavy atom. The second kappa shape index (κ2) is 7.02. The van der Waals surface area contributed by atoms with E-state index in [1.54, 1.807) is 4.90 Å². The van der Waals surface area contributed by atoms with Crippen molar-refractivity contribution in [3.63, 3.8) is 0 Å². The molecule has 128 valence electrons. The summed E-state index contributed by atoms with van der Waals surface area (Å²) < 4.78 is 10.4. The lowest BCUT2D eigenvalue weighted by Crippen LogP contribution is -2.42. The van der Waals surface area contributed by atoms with Gasteiger partial charge in [0.1, 0.15) is 11.4 Å². The highest BCUT2D eigenvalue weighted by molar-refractivity contribution is 5.85. The normalized spacial score (nSPS) is 18.7. The molecule has 1 aliphatic rings. The highest BCUT2D eigenvalue weighted by atomic mass is 16.6. The lowest BCUT2D eigenvalue weighted by atomic mass is 9.93. The Bertz CT molecular complexity index is 561. The lowest BCUT2D eigenvalue weighted by Gasteiger charge is -2.34. The number of carboxylic acid groups (broad SMARTS) is 1. The summed E-state index contributed by atoms with van der Waals surface area (Å²) in [5.74, 6) is -0.166. The summed E-state index contributed by atoms with van der Waals surface area (Å²) >= 11 is 0. The van der Waals surface area contributed by atoms with Crippen molar-refractivity contribution in [2.45, 2.75) is 52.1 Å². The summed E-state index contributed by atoms with van der Waals surface area (Å²) in [6.07, 6.45) is 3.16. The molecule has 0 saturated carbocycles. The van der Waals surface area contributed by atoms with Gasteiger partial charge in [-0.15, -0.1) is 0 Å². The first kappa shape index (κ1) is 17.3. The highest BCUT2D eigenvalue weighted by Crippen LogP contribution is 2.23. The average molecular weight is 324 g/mol. The minimum absolute atomic E-state index is 0.0703. The van der Waals surface area contributed by atoms with E-state index < -0.39 is 11.6 Å². The van der Waals surface area contributed by atoms with Crippen molar-refractivity contribution in [1.82, 2.24) is 10.1 Å². The molecule has 23 heavy (non-hydrogen) atoms. The molecule has 0 bridgehead atoms. The zero-order valence-corrected chi connectivity index (χ0v) is 13.9. The number of carbonyl (C=O) groups excluding carboxylic acids is 1. The molecule has 1 aliphatic heterocycles. The molecule has 1 N–H and O–H groups in total. The zero-order valence-electron chi connectivity index (χ0n) is 13.9. The fourth-order valence-electron chi connectivity index (χ4n) is 2.67. The average Bonchev–Trinajstić information content (AvgIpc) is 2.93. The second-order valence-electron chi connectivity index (χ2n) is 6.96. The van der Waals surface area contributed by atoms with Crippen molar-refractivity contribution in [2.75, 3.05) is 13.1 Å². The highest BCUT2D eigenvalue weighted by Gasteiger charge is 2.27. The van der Waals surface area contributed by atoms with E-state index >= 15 is 0 Å². The number of rotatable bonds is 4. The Labute approximate surface area is 135 Å². The molecule has 0 aromatic carbocycles. The molecule has 0 spiro atoms. The van der Waals surface area contributed by atoms with E-state index in [1.165, 1.54) is 6.07 Å². The van der Waals surface area contributed by atoms with Crippen molar-refractivity contribution in [2.24, 2.45) is 5.92 Å². The van der Waals surface area contributed by atoms with Crippen LogP contribution in [0, 0.1) is 5.92 Å². The van der Waals surface area contributed by atoms with Crippen LogP contribution in [0.1, 0.15) is 56.3 Å². The van der Waals surface area contributed by atoms with Gasteiger partial charge in [-0.3, -0.25) is 0 Å². The number of aromatic nitrogens is 1. The van der Waals surface area contributed by atoms with Gasteiger partial charge in [0.2, 0.25) is 0 Å². The van der Waals surface area contributed by atoms with Gasteiger partial charge in [-0.05, 0) is 46.0 Å². The first-order chi connectivity index (χ1) is 10.7. The van der Waals surface area contributed by atoms with Crippen molar-refractivity contribution in [1.29, 1.82) is 0 Å². The number of aryl methyl sites for hydroxylation is 1. The predicted molar refractivity (Wildman–Crippen MR) is 82.3 cm³/mol. The third-order valence-electron chi connectivity index (χ3n) is 3.75. The van der Waals surface area contributed by atoms with E-state index in [1.807, 2.05) is 20.8 Å². The predicted octanol–water partition coefficient (Wildman–Crippen LogP) is 2.95. The number of piperidine rings is 1. The summed E-state index contributed by atoms with van der Waals surface area (Å²) in [5.41, 5.74) is -0.559. The molecular weight excluding hydrogens is 300 g/mol. The number of aromatic carboxylic acids is 1. The zero-order chi connectivity index (χ0) is 17.0. The first-order valence-corrected chi connectivity index (χ1v) is 7.91. The Balaban J connectivity index is 1.83. The van der Waals surface area contributed by atoms with Gasteiger partial charge in [-0.1, -0.05) is 5.16 Å². The van der Waals surface area contributed by atoms with Gasteiger partial charge in [-0.25, -0.2) is 9.59 Å². The summed E-state index contributed by atoms with van der Waals surface area (Å²) in [5, 5.41) is 12.3. The standard InChI is InChI=1S/C16H24N2O5/c1-16(2,3)22-15(21)18-8-4-5-11(10-18)6-7-12-9-13(14(19)20)17-23-12/h9,11H,4-8,10H2,1-3H3,(H,19,20). The first-order valence-electron chi connectivity index (χ1n) is 7.91. The van der Waals surface area contributed by atoms with Crippen LogP contribution in [0.25, 0.3) is 0 Å². The minimum atomic E-state index is -1.09. The topological polar surface area (TPSA) is 92.9 Å². The molecule has 1 aromatic heterocycles. The van der Waals surface area contributed by atoms with Crippen LogP contribution in [-0.2, 0) is 11.2 Å². The van der Waals surface area contributed by atoms with Crippen LogP contribution in [-0.4, -0.2) is 45.9 Å². The van der Waals surface area contributed by atoms with Crippen LogP contribution in [0.15, 0.2) is 10.6 Å². The summed E-state index contributed by atoms with van der Waals surface area (Å²) in [6, 6.07) is 1.46. The molecule has 1 amide bonds. The molecule has 1 saturated heterocycles. The summed E-state index contributed by atoms with van der Waals surface area (Å²) in [6.45, 7) is 6.95. The number of hydrogen-bond donors (Lipinski definition) is 1. The number of hydrogen-bond acceptors (Lipinski definition) is 5. The van der Waals surface area contributed by atoms with E-state index in [0.717, 1.165) is 25.8 Å². The molecule has 0 aliphatic carbocycles. The van der Waals surface area contributed by atoms with Gasteiger partial charge in [0.25, 0.3) is 0 Å². The largest absolute Gasteiger partial charge is 0.476 e. The maximum Gasteiger partial charge on any atom is 0.410 e. The number of carbonyl (C=O) groups is 2. The Morgan fingerprint density at radius 2 is 2.22 bits per heavy atom. The molecule has 2 heterocycles. The van der Waals surface area contributed by atoms with Gasteiger partial charge in [0.05, 0.1) is 0 Å². The molecule has 1 aromatic rings. The number of carboxylic acids is 1. The Kier molecular flexibility index (Phi) is 5.28. The van der Waals surface area contributed by atoms with E-state index in [2.05, 4.69) is 5.16 Å². The molecular formula is C16H24N2O5. The number of amides is 1. The maximum atomic E-state index is 12.1. The summed E-state index contributed by atoms with van der Waals surface area (Å²) in [7, 11) is 0. The number of likely N-dealkylation sites (tertiary alicyclic amines) is 1. The number of ether oxygens (including phenoxy) is 1. The second-order valence-corrected chi connectivity index (χ2v) is 6.96. The van der Waals surface area contributed by atoms with Gasteiger partial charge < -0.3 is 19.3 Å². The van der Waals surface area contributed by atoms with Crippen LogP contribution < -0.4 is 0 Å². The van der Waals surface area contributed by atoms with Crippen LogP contribution in [0.2, 0.25) is 0 Å². The van der Waals surface area contributed by atoms with Crippen LogP contribution in [0.3, 0.4) is 0 Å². The van der Waals surface area contributed by atoms with Gasteiger partial charge >= 0.3 is 12.1 Å². The maximum absolute atomic E-state index is 12.1. The Morgan fingerprint density at radius 3 is 2.83 bits per heavy atom. The summed E-state index contributed by atoms with van der Waals surface area (Å²) in [4.78, 5) is 24.6. The van der Waals surface area contributed by atoms with E-state index in [9.17, 15) is 9.59 Å². The molecule has 0 radical (unpaired) electrons. The fourth-order valence-corrected chi connectivity index (χ4v) is 2.67. The van der Waals surface area contributed by atoms with Crippen LogP contribution >= 0.6 is 0 Å². The van der Waals surface area contributed by atoms with Crippen molar-refractivity contribution < 1.29 is 24.0 Å². The fraction of sp³-hybridized carbons (Fsp3) is 0.688. The van der Waals surface area contributed by atoms with E-state index in [0.29, 0.717) is 24.6 Å². The molecule has 1 unspecified atom stereocenters.